The van der Waals surface area contributed by atoms with E-state index < -0.39 is 5.82 Å². The fourth-order valence-electron chi connectivity index (χ4n) is 1.19. The van der Waals surface area contributed by atoms with Gasteiger partial charge in [-0.05, 0) is 18.6 Å². The van der Waals surface area contributed by atoms with Crippen LogP contribution in [0.4, 0.5) is 4.39 Å². The van der Waals surface area contributed by atoms with Crippen LogP contribution in [0.1, 0.15) is 18.9 Å². The second kappa shape index (κ2) is 6.67. The van der Waals surface area contributed by atoms with E-state index in [1.54, 1.807) is 12.2 Å². The topological polar surface area (TPSA) is 37.3 Å². The van der Waals surface area contributed by atoms with Gasteiger partial charge in [0.1, 0.15) is 11.6 Å². The Hall–Kier alpha value is -1.00. The third kappa shape index (κ3) is 4.79. The number of aromatic hydroxyl groups is 1. The number of halogens is 2. The van der Waals surface area contributed by atoms with E-state index in [4.69, 9.17) is 11.6 Å². The first-order valence-electron chi connectivity index (χ1n) is 4.98. The average molecular weight is 275 g/mol. The van der Waals surface area contributed by atoms with Gasteiger partial charge in [-0.15, -0.1) is 0 Å². The van der Waals surface area contributed by atoms with Crippen LogP contribution in [0.25, 0.3) is 6.08 Å². The second-order valence-electron chi connectivity index (χ2n) is 3.36. The first kappa shape index (κ1) is 14.1. The van der Waals surface area contributed by atoms with Crippen LogP contribution in [-0.2, 0) is 4.79 Å². The van der Waals surface area contributed by atoms with Crippen molar-refractivity contribution in [3.63, 3.8) is 0 Å². The zero-order chi connectivity index (χ0) is 12.8. The quantitative estimate of drug-likeness (QED) is 0.847. The van der Waals surface area contributed by atoms with Gasteiger partial charge in [-0.1, -0.05) is 35.5 Å². The number of rotatable bonds is 4. The Kier molecular flexibility index (Phi) is 5.51. The lowest BCUT2D eigenvalue weighted by Gasteiger charge is -2.01. The second-order valence-corrected chi connectivity index (χ2v) is 5.04. The minimum atomic E-state index is -0.495. The molecule has 5 heteroatoms. The van der Waals surface area contributed by atoms with Crippen molar-refractivity contribution in [2.24, 2.45) is 0 Å². The normalized spacial score (nSPS) is 11.0. The highest BCUT2D eigenvalue weighted by atomic mass is 35.5. The summed E-state index contributed by atoms with van der Waals surface area (Å²) in [6.45, 7) is 1.51. The standard InChI is InChI=1S/C12H12ClFO2S/c1-8(15)17-5-3-2-4-9-6-10(14)7-11(13)12(9)16/h2,4,6-7,16H,3,5H2,1H3. The summed E-state index contributed by atoms with van der Waals surface area (Å²) in [5.41, 5.74) is 0.336. The summed E-state index contributed by atoms with van der Waals surface area (Å²) in [6.07, 6.45) is 4.02. The number of hydrogen-bond donors (Lipinski definition) is 1. The predicted molar refractivity (Wildman–Crippen MR) is 69.9 cm³/mol. The molecular weight excluding hydrogens is 263 g/mol. The molecule has 0 amide bonds. The van der Waals surface area contributed by atoms with Crippen molar-refractivity contribution in [3.05, 3.63) is 34.6 Å². The summed E-state index contributed by atoms with van der Waals surface area (Å²) in [6, 6.07) is 2.26. The molecule has 1 N–H and O–H groups in total. The molecule has 0 heterocycles. The van der Waals surface area contributed by atoms with Crippen molar-refractivity contribution >= 4 is 34.6 Å². The van der Waals surface area contributed by atoms with Crippen molar-refractivity contribution in [1.82, 2.24) is 0 Å². The van der Waals surface area contributed by atoms with E-state index in [1.807, 2.05) is 0 Å². The number of phenolic OH excluding ortho intramolecular Hbond substituents is 1. The summed E-state index contributed by atoms with van der Waals surface area (Å²) in [7, 11) is 0. The van der Waals surface area contributed by atoms with E-state index in [0.717, 1.165) is 6.07 Å². The Morgan fingerprint density at radius 2 is 2.29 bits per heavy atom. The minimum Gasteiger partial charge on any atom is -0.506 e. The third-order valence-electron chi connectivity index (χ3n) is 1.94. The van der Waals surface area contributed by atoms with Gasteiger partial charge in [0.25, 0.3) is 0 Å². The smallest absolute Gasteiger partial charge is 0.185 e. The SMILES string of the molecule is CC(=O)SCCC=Cc1cc(F)cc(Cl)c1O. The molecule has 2 nitrogen and oxygen atoms in total. The van der Waals surface area contributed by atoms with Gasteiger partial charge >= 0.3 is 0 Å². The Bertz CT molecular complexity index is 446. The van der Waals surface area contributed by atoms with Crippen molar-refractivity contribution in [2.45, 2.75) is 13.3 Å². The predicted octanol–water partition coefficient (Wildman–Crippen LogP) is 3.87. The molecule has 0 aromatic heterocycles. The van der Waals surface area contributed by atoms with E-state index in [1.165, 1.54) is 24.8 Å². The van der Waals surface area contributed by atoms with Crippen LogP contribution < -0.4 is 0 Å². The van der Waals surface area contributed by atoms with Crippen molar-refractivity contribution < 1.29 is 14.3 Å². The van der Waals surface area contributed by atoms with Crippen LogP contribution in [0.3, 0.4) is 0 Å². The lowest BCUT2D eigenvalue weighted by Crippen LogP contribution is -1.84. The maximum absolute atomic E-state index is 13.0. The molecule has 1 aromatic carbocycles. The summed E-state index contributed by atoms with van der Waals surface area (Å²) >= 11 is 6.85. The molecule has 0 saturated carbocycles. The number of carbonyl (C=O) groups is 1. The fraction of sp³-hybridized carbons (Fsp3) is 0.250. The molecule has 0 aliphatic heterocycles. The molecule has 0 fully saturated rings. The number of phenols is 1. The number of allylic oxidation sites excluding steroid dienone is 1. The Morgan fingerprint density at radius 1 is 1.59 bits per heavy atom. The molecule has 0 aliphatic carbocycles. The van der Waals surface area contributed by atoms with Crippen LogP contribution in [0.5, 0.6) is 5.75 Å². The molecular formula is C12H12ClFO2S. The van der Waals surface area contributed by atoms with E-state index >= 15 is 0 Å². The molecule has 17 heavy (non-hydrogen) atoms. The third-order valence-corrected chi connectivity index (χ3v) is 3.08. The maximum atomic E-state index is 13.0. The van der Waals surface area contributed by atoms with Gasteiger partial charge in [-0.3, -0.25) is 4.79 Å². The van der Waals surface area contributed by atoms with Crippen LogP contribution in [0.2, 0.25) is 5.02 Å². The largest absolute Gasteiger partial charge is 0.506 e. The first-order valence-corrected chi connectivity index (χ1v) is 6.35. The Labute approximate surface area is 108 Å². The van der Waals surface area contributed by atoms with Gasteiger partial charge in [0, 0.05) is 18.2 Å². The van der Waals surface area contributed by atoms with Gasteiger partial charge < -0.3 is 5.11 Å². The van der Waals surface area contributed by atoms with Crippen molar-refractivity contribution in [2.75, 3.05) is 5.75 Å². The van der Waals surface area contributed by atoms with Gasteiger partial charge in [0.05, 0.1) is 5.02 Å². The van der Waals surface area contributed by atoms with E-state index in [2.05, 4.69) is 0 Å². The van der Waals surface area contributed by atoms with Crippen LogP contribution in [0.15, 0.2) is 18.2 Å². The molecule has 0 atom stereocenters. The molecule has 92 valence electrons. The fourth-order valence-corrected chi connectivity index (χ4v) is 1.95. The number of benzene rings is 1. The zero-order valence-electron chi connectivity index (χ0n) is 9.24. The highest BCUT2D eigenvalue weighted by molar-refractivity contribution is 8.13. The summed E-state index contributed by atoms with van der Waals surface area (Å²) in [5, 5.41) is 9.61. The van der Waals surface area contributed by atoms with Crippen LogP contribution >= 0.6 is 23.4 Å². The monoisotopic (exact) mass is 274 g/mol. The van der Waals surface area contributed by atoms with Gasteiger partial charge in [-0.2, -0.15) is 0 Å². The summed E-state index contributed by atoms with van der Waals surface area (Å²) in [5.74, 6) is 0.0319. The van der Waals surface area contributed by atoms with Gasteiger partial charge in [0.15, 0.2) is 5.12 Å². The lowest BCUT2D eigenvalue weighted by atomic mass is 10.1. The molecule has 1 aromatic rings. The number of hydrogen-bond acceptors (Lipinski definition) is 3. The first-order chi connectivity index (χ1) is 8.00. The molecule has 0 radical (unpaired) electrons. The zero-order valence-corrected chi connectivity index (χ0v) is 10.8. The summed E-state index contributed by atoms with van der Waals surface area (Å²) in [4.78, 5) is 10.7. The summed E-state index contributed by atoms with van der Waals surface area (Å²) < 4.78 is 13.0. The molecule has 0 saturated heterocycles. The van der Waals surface area contributed by atoms with E-state index in [-0.39, 0.29) is 15.9 Å². The van der Waals surface area contributed by atoms with Crippen LogP contribution in [0, 0.1) is 5.82 Å². The van der Waals surface area contributed by atoms with Crippen molar-refractivity contribution in [3.8, 4) is 5.75 Å². The average Bonchev–Trinajstić information content (AvgIpc) is 2.23. The molecule has 1 rings (SSSR count). The number of thioether (sulfide) groups is 1. The van der Waals surface area contributed by atoms with Gasteiger partial charge in [-0.25, -0.2) is 4.39 Å². The van der Waals surface area contributed by atoms with Crippen molar-refractivity contribution in [1.29, 1.82) is 0 Å². The molecule has 0 aliphatic rings. The Morgan fingerprint density at radius 3 is 2.94 bits per heavy atom. The van der Waals surface area contributed by atoms with E-state index in [0.29, 0.717) is 17.7 Å². The van der Waals surface area contributed by atoms with E-state index in [9.17, 15) is 14.3 Å². The van der Waals surface area contributed by atoms with Crippen LogP contribution in [-0.4, -0.2) is 16.0 Å². The molecule has 0 spiro atoms. The minimum absolute atomic E-state index is 0.0113. The number of carbonyl (C=O) groups excluding carboxylic acids is 1. The highest BCUT2D eigenvalue weighted by Gasteiger charge is 2.05. The maximum Gasteiger partial charge on any atom is 0.185 e. The molecule has 0 unspecified atom stereocenters. The highest BCUT2D eigenvalue weighted by Crippen LogP contribution is 2.29. The van der Waals surface area contributed by atoms with Gasteiger partial charge in [0.2, 0.25) is 0 Å². The molecule has 0 bridgehead atoms. The lowest BCUT2D eigenvalue weighted by molar-refractivity contribution is -0.109. The Balaban J connectivity index is 2.62.